The van der Waals surface area contributed by atoms with Gasteiger partial charge in [0.15, 0.2) is 5.82 Å². The summed E-state index contributed by atoms with van der Waals surface area (Å²) in [6.45, 7) is 2.06. The van der Waals surface area contributed by atoms with Gasteiger partial charge < -0.3 is 9.84 Å². The van der Waals surface area contributed by atoms with Crippen LogP contribution in [-0.4, -0.2) is 26.0 Å². The van der Waals surface area contributed by atoms with Gasteiger partial charge in [0.2, 0.25) is 0 Å². The number of aryl methyl sites for hydroxylation is 1. The molecule has 0 saturated heterocycles. The first-order valence-corrected chi connectivity index (χ1v) is 6.65. The minimum atomic E-state index is -0.252. The van der Waals surface area contributed by atoms with E-state index >= 15 is 0 Å². The molecule has 0 unspecified atom stereocenters. The van der Waals surface area contributed by atoms with Crippen LogP contribution in [0.3, 0.4) is 0 Å². The second-order valence-electron chi connectivity index (χ2n) is 4.61. The molecule has 1 N–H and O–H groups in total. The second-order valence-corrected chi connectivity index (χ2v) is 4.61. The molecular formula is C15H13N5O2. The molecule has 0 bridgehead atoms. The smallest absolute Gasteiger partial charge is 0.255 e. The highest BCUT2D eigenvalue weighted by atomic mass is 16.5. The summed E-state index contributed by atoms with van der Waals surface area (Å²) in [5.41, 5.74) is 2.49. The van der Waals surface area contributed by atoms with Crippen LogP contribution in [0.2, 0.25) is 0 Å². The molecule has 7 heteroatoms. The van der Waals surface area contributed by atoms with E-state index in [1.165, 1.54) is 12.5 Å². The van der Waals surface area contributed by atoms with Crippen molar-refractivity contribution in [2.45, 2.75) is 13.5 Å². The van der Waals surface area contributed by atoms with Crippen molar-refractivity contribution in [3.63, 3.8) is 0 Å². The summed E-state index contributed by atoms with van der Waals surface area (Å²) in [7, 11) is 0. The zero-order chi connectivity index (χ0) is 15.4. The number of hydrogen-bond acceptors (Lipinski definition) is 6. The molecule has 0 aliphatic carbocycles. The van der Waals surface area contributed by atoms with E-state index in [1.807, 2.05) is 12.1 Å². The lowest BCUT2D eigenvalue weighted by molar-refractivity contribution is 0.0948. The fraction of sp³-hybridized carbons (Fsp3) is 0.133. The molecule has 22 heavy (non-hydrogen) atoms. The van der Waals surface area contributed by atoms with Gasteiger partial charge in [-0.3, -0.25) is 9.78 Å². The molecule has 3 heterocycles. The van der Waals surface area contributed by atoms with Crippen LogP contribution in [0.1, 0.15) is 21.7 Å². The third kappa shape index (κ3) is 2.98. The van der Waals surface area contributed by atoms with Crippen LogP contribution in [0, 0.1) is 6.92 Å². The molecule has 1 amide bonds. The summed E-state index contributed by atoms with van der Waals surface area (Å²) < 4.78 is 4.71. The molecule has 7 nitrogen and oxygen atoms in total. The Balaban J connectivity index is 1.76. The van der Waals surface area contributed by atoms with E-state index < -0.39 is 0 Å². The fourth-order valence-electron chi connectivity index (χ4n) is 1.92. The van der Waals surface area contributed by atoms with Crippen LogP contribution >= 0.6 is 0 Å². The third-order valence-electron chi connectivity index (χ3n) is 3.07. The van der Waals surface area contributed by atoms with E-state index in [9.17, 15) is 4.79 Å². The molecule has 0 fully saturated rings. The van der Waals surface area contributed by atoms with Crippen molar-refractivity contribution < 1.29 is 9.32 Å². The minimum absolute atomic E-state index is 0.252. The maximum atomic E-state index is 12.1. The van der Waals surface area contributed by atoms with Gasteiger partial charge in [0, 0.05) is 30.2 Å². The van der Waals surface area contributed by atoms with Crippen LogP contribution in [0.4, 0.5) is 0 Å². The van der Waals surface area contributed by atoms with Crippen LogP contribution in [0.25, 0.3) is 11.4 Å². The topological polar surface area (TPSA) is 93.8 Å². The van der Waals surface area contributed by atoms with Crippen LogP contribution in [0.15, 0.2) is 47.6 Å². The van der Waals surface area contributed by atoms with E-state index in [0.29, 0.717) is 29.3 Å². The SMILES string of the molecule is Cc1nc(-c2cccnc2)ncc1C(=O)NCc1ccon1. The predicted octanol–water partition coefficient (Wildman–Crippen LogP) is 1.77. The Labute approximate surface area is 126 Å². The maximum Gasteiger partial charge on any atom is 0.255 e. The normalized spacial score (nSPS) is 10.4. The zero-order valence-corrected chi connectivity index (χ0v) is 11.9. The molecule has 3 rings (SSSR count). The van der Waals surface area contributed by atoms with E-state index in [4.69, 9.17) is 4.52 Å². The van der Waals surface area contributed by atoms with E-state index in [-0.39, 0.29) is 5.91 Å². The van der Waals surface area contributed by atoms with E-state index in [1.54, 1.807) is 25.4 Å². The lowest BCUT2D eigenvalue weighted by Gasteiger charge is -2.07. The van der Waals surface area contributed by atoms with Gasteiger partial charge in [0.25, 0.3) is 5.91 Å². The predicted molar refractivity (Wildman–Crippen MR) is 77.7 cm³/mol. The number of pyridine rings is 1. The monoisotopic (exact) mass is 295 g/mol. The Kier molecular flexibility index (Phi) is 3.86. The fourth-order valence-corrected chi connectivity index (χ4v) is 1.92. The first-order valence-electron chi connectivity index (χ1n) is 6.65. The summed E-state index contributed by atoms with van der Waals surface area (Å²) in [4.78, 5) is 24.8. The standard InChI is InChI=1S/C15H13N5O2/c1-10-13(15(21)18-8-12-4-6-22-20-12)9-17-14(19-10)11-3-2-5-16-7-11/h2-7,9H,8H2,1H3,(H,18,21). The Morgan fingerprint density at radius 2 is 2.23 bits per heavy atom. The number of amides is 1. The van der Waals surface area contributed by atoms with Crippen molar-refractivity contribution in [2.24, 2.45) is 0 Å². The van der Waals surface area contributed by atoms with Crippen molar-refractivity contribution in [1.29, 1.82) is 0 Å². The van der Waals surface area contributed by atoms with Crippen molar-refractivity contribution >= 4 is 5.91 Å². The van der Waals surface area contributed by atoms with Gasteiger partial charge >= 0.3 is 0 Å². The number of nitrogens with zero attached hydrogens (tertiary/aromatic N) is 4. The maximum absolute atomic E-state index is 12.1. The van der Waals surface area contributed by atoms with Gasteiger partial charge in [-0.1, -0.05) is 5.16 Å². The summed E-state index contributed by atoms with van der Waals surface area (Å²) >= 11 is 0. The van der Waals surface area contributed by atoms with Crippen LogP contribution in [-0.2, 0) is 6.54 Å². The molecule has 0 aliphatic rings. The van der Waals surface area contributed by atoms with Gasteiger partial charge in [-0.05, 0) is 19.1 Å². The van der Waals surface area contributed by atoms with Crippen molar-refractivity contribution in [1.82, 2.24) is 25.4 Å². The molecule has 0 aromatic carbocycles. The lowest BCUT2D eigenvalue weighted by atomic mass is 10.2. The van der Waals surface area contributed by atoms with Crippen LogP contribution in [0.5, 0.6) is 0 Å². The van der Waals surface area contributed by atoms with Gasteiger partial charge in [0.05, 0.1) is 17.8 Å². The second kappa shape index (κ2) is 6.13. The lowest BCUT2D eigenvalue weighted by Crippen LogP contribution is -2.24. The zero-order valence-electron chi connectivity index (χ0n) is 11.9. The molecule has 110 valence electrons. The number of aromatic nitrogens is 4. The Bertz CT molecular complexity index is 772. The quantitative estimate of drug-likeness (QED) is 0.788. The molecule has 3 aromatic heterocycles. The van der Waals surface area contributed by atoms with E-state index in [0.717, 1.165) is 5.56 Å². The highest BCUT2D eigenvalue weighted by Gasteiger charge is 2.12. The van der Waals surface area contributed by atoms with Gasteiger partial charge in [-0.25, -0.2) is 9.97 Å². The number of hydrogen-bond donors (Lipinski definition) is 1. The molecule has 3 aromatic rings. The summed E-state index contributed by atoms with van der Waals surface area (Å²) in [6, 6.07) is 5.37. The number of nitrogens with one attached hydrogen (secondary N) is 1. The summed E-state index contributed by atoms with van der Waals surface area (Å²) in [5.74, 6) is 0.289. The highest BCUT2D eigenvalue weighted by Crippen LogP contribution is 2.14. The van der Waals surface area contributed by atoms with Crippen molar-refractivity contribution in [2.75, 3.05) is 0 Å². The number of rotatable bonds is 4. The minimum Gasteiger partial charge on any atom is -0.364 e. The van der Waals surface area contributed by atoms with Crippen LogP contribution < -0.4 is 5.32 Å². The first-order chi connectivity index (χ1) is 10.7. The number of carbonyl (C=O) groups is 1. The number of carbonyl (C=O) groups excluding carboxylic acids is 1. The summed E-state index contributed by atoms with van der Waals surface area (Å²) in [6.07, 6.45) is 6.34. The molecule has 0 aliphatic heterocycles. The molecule has 0 saturated carbocycles. The van der Waals surface area contributed by atoms with Crippen molar-refractivity contribution in [3.8, 4) is 11.4 Å². The average Bonchev–Trinajstić information content (AvgIpc) is 3.07. The Morgan fingerprint density at radius 3 is 2.91 bits per heavy atom. The van der Waals surface area contributed by atoms with E-state index in [2.05, 4.69) is 25.4 Å². The third-order valence-corrected chi connectivity index (χ3v) is 3.07. The molecule has 0 radical (unpaired) electrons. The van der Waals surface area contributed by atoms with Gasteiger partial charge in [-0.2, -0.15) is 0 Å². The van der Waals surface area contributed by atoms with Gasteiger partial charge in [0.1, 0.15) is 12.0 Å². The highest BCUT2D eigenvalue weighted by molar-refractivity contribution is 5.95. The summed E-state index contributed by atoms with van der Waals surface area (Å²) in [5, 5.41) is 6.48. The van der Waals surface area contributed by atoms with Gasteiger partial charge in [-0.15, -0.1) is 0 Å². The Hall–Kier alpha value is -3.09. The Morgan fingerprint density at radius 1 is 1.32 bits per heavy atom. The average molecular weight is 295 g/mol. The van der Waals surface area contributed by atoms with Crippen molar-refractivity contribution in [3.05, 3.63) is 60.0 Å². The molecule has 0 spiro atoms. The largest absolute Gasteiger partial charge is 0.364 e. The molecule has 0 atom stereocenters. The first kappa shape index (κ1) is 13.9. The molecular weight excluding hydrogens is 282 g/mol.